The van der Waals surface area contributed by atoms with E-state index < -0.39 is 0 Å². The van der Waals surface area contributed by atoms with Crippen molar-refractivity contribution >= 4 is 28.4 Å². The number of aromatic nitrogens is 3. The van der Waals surface area contributed by atoms with E-state index in [1.165, 1.54) is 50.2 Å². The van der Waals surface area contributed by atoms with Gasteiger partial charge in [-0.3, -0.25) is 0 Å². The maximum Gasteiger partial charge on any atom is 0.160 e. The van der Waals surface area contributed by atoms with Gasteiger partial charge in [0.1, 0.15) is 0 Å². The molecule has 11 rings (SSSR count). The van der Waals surface area contributed by atoms with Crippen LogP contribution in [-0.4, -0.2) is 20.6 Å². The quantitative estimate of drug-likeness (QED) is 0.160. The van der Waals surface area contributed by atoms with Gasteiger partial charge >= 0.3 is 0 Å². The molecule has 0 bridgehead atoms. The number of benzene rings is 6. The van der Waals surface area contributed by atoms with Crippen LogP contribution in [0, 0.1) is 0 Å². The molecule has 3 heterocycles. The maximum absolute atomic E-state index is 5.36. The molecule has 0 N–H and O–H groups in total. The van der Waals surface area contributed by atoms with Gasteiger partial charge in [-0.15, -0.1) is 0 Å². The number of rotatable bonds is 6. The van der Waals surface area contributed by atoms with Gasteiger partial charge < -0.3 is 9.47 Å². The summed E-state index contributed by atoms with van der Waals surface area (Å²) in [5.41, 5.74) is 16.2. The largest absolute Gasteiger partial charge is 0.334 e. The Bertz CT molecular complexity index is 2810. The van der Waals surface area contributed by atoms with Crippen LogP contribution in [0.4, 0.5) is 11.4 Å². The van der Waals surface area contributed by atoms with Crippen molar-refractivity contribution in [2.75, 3.05) is 4.90 Å². The smallest absolute Gasteiger partial charge is 0.160 e. The number of hydrogen-bond donors (Lipinski definition) is 0. The van der Waals surface area contributed by atoms with Crippen LogP contribution in [0.2, 0.25) is 0 Å². The average molecular weight is 721 g/mol. The highest BCUT2D eigenvalue weighted by atomic mass is 15.2. The Morgan fingerprint density at radius 2 is 1.21 bits per heavy atom. The summed E-state index contributed by atoms with van der Waals surface area (Å²) in [5.74, 6) is 1.17. The van der Waals surface area contributed by atoms with Gasteiger partial charge in [0, 0.05) is 50.8 Å². The maximum atomic E-state index is 5.36. The number of allylic oxidation sites excluding steroid dienone is 2. The van der Waals surface area contributed by atoms with Crippen LogP contribution >= 0.6 is 0 Å². The normalized spacial score (nSPS) is 16.8. The third kappa shape index (κ3) is 5.52. The molecule has 0 saturated heterocycles. The molecule has 4 nitrogen and oxygen atoms in total. The van der Waals surface area contributed by atoms with E-state index in [2.05, 4.69) is 185 Å². The molecule has 2 unspecified atom stereocenters. The first-order valence-electron chi connectivity index (χ1n) is 19.9. The molecule has 3 aliphatic rings. The summed E-state index contributed by atoms with van der Waals surface area (Å²) in [6.45, 7) is 0. The van der Waals surface area contributed by atoms with Gasteiger partial charge in [-0.1, -0.05) is 140 Å². The summed E-state index contributed by atoms with van der Waals surface area (Å²) >= 11 is 0. The number of para-hydroxylation sites is 2. The minimum absolute atomic E-state index is 0.253. The third-order valence-corrected chi connectivity index (χ3v) is 11.9. The van der Waals surface area contributed by atoms with Gasteiger partial charge in [-0.05, 0) is 90.4 Å². The van der Waals surface area contributed by atoms with E-state index in [9.17, 15) is 0 Å². The lowest BCUT2D eigenvalue weighted by atomic mass is 9.86. The van der Waals surface area contributed by atoms with E-state index in [4.69, 9.17) is 9.97 Å². The lowest BCUT2D eigenvalue weighted by Crippen LogP contribution is -2.29. The first-order chi connectivity index (χ1) is 27.8. The van der Waals surface area contributed by atoms with Crippen molar-refractivity contribution < 1.29 is 0 Å². The molecule has 0 fully saturated rings. The molecule has 0 radical (unpaired) electrons. The molecule has 2 aliphatic carbocycles. The van der Waals surface area contributed by atoms with E-state index in [0.29, 0.717) is 11.7 Å². The Hall–Kier alpha value is -6.78. The number of aryl methyl sites for hydroxylation is 1. The number of hydrogen-bond acceptors (Lipinski definition) is 3. The van der Waals surface area contributed by atoms with Gasteiger partial charge in [0.05, 0.1) is 22.9 Å². The topological polar surface area (TPSA) is 34.0 Å². The number of nitrogens with zero attached hydrogens (tertiary/aromatic N) is 4. The molecular weight excluding hydrogens is 681 g/mol. The van der Waals surface area contributed by atoms with Gasteiger partial charge in [-0.25, -0.2) is 9.97 Å². The predicted molar refractivity (Wildman–Crippen MR) is 231 cm³/mol. The monoisotopic (exact) mass is 720 g/mol. The Morgan fingerprint density at radius 3 is 2.05 bits per heavy atom. The van der Waals surface area contributed by atoms with Crippen LogP contribution in [0.3, 0.4) is 0 Å². The highest BCUT2D eigenvalue weighted by Crippen LogP contribution is 2.50. The van der Waals surface area contributed by atoms with E-state index in [1.807, 2.05) is 6.07 Å². The molecule has 2 atom stereocenters. The van der Waals surface area contributed by atoms with Crippen LogP contribution in [0.15, 0.2) is 176 Å². The fraction of sp³-hybridized carbons (Fsp3) is 0.115. The highest BCUT2D eigenvalue weighted by Gasteiger charge is 2.39. The molecule has 0 spiro atoms. The fourth-order valence-corrected chi connectivity index (χ4v) is 9.31. The summed E-state index contributed by atoms with van der Waals surface area (Å²) in [4.78, 5) is 13.2. The third-order valence-electron chi connectivity index (χ3n) is 11.9. The van der Waals surface area contributed by atoms with Crippen molar-refractivity contribution in [3.63, 3.8) is 0 Å². The molecule has 1 aliphatic heterocycles. The SMILES string of the molecule is C1=Cc2c(c3ccccc3n2-c2cc(-c3cc(-c4ccc(-c5ccccc5)cc4)nc(-c4ccccc4)n3)cc(N3c4ccccc4C4CCC=CC43)c2)CC1. The molecule has 6 aromatic carbocycles. The lowest BCUT2D eigenvalue weighted by molar-refractivity contribution is 0.573. The summed E-state index contributed by atoms with van der Waals surface area (Å²) in [6, 6.07) is 57.1. The molecule has 4 heteroatoms. The second-order valence-corrected chi connectivity index (χ2v) is 15.2. The molecular formula is C52H40N4. The minimum atomic E-state index is 0.253. The van der Waals surface area contributed by atoms with Crippen molar-refractivity contribution in [1.29, 1.82) is 0 Å². The zero-order chi connectivity index (χ0) is 37.0. The number of fused-ring (bicyclic) bond motifs is 6. The summed E-state index contributed by atoms with van der Waals surface area (Å²) in [7, 11) is 0. The Morgan fingerprint density at radius 1 is 0.536 bits per heavy atom. The van der Waals surface area contributed by atoms with E-state index in [1.54, 1.807) is 0 Å². The summed E-state index contributed by atoms with van der Waals surface area (Å²) in [6.07, 6.45) is 13.8. The lowest BCUT2D eigenvalue weighted by Gasteiger charge is -2.31. The van der Waals surface area contributed by atoms with Crippen molar-refractivity contribution in [2.45, 2.75) is 37.6 Å². The van der Waals surface area contributed by atoms with Crippen molar-refractivity contribution in [2.24, 2.45) is 0 Å². The molecule has 2 aromatic heterocycles. The standard InChI is InChI=1S/C52H40N4/c1-3-15-35(16-4-1)36-27-29-37(30-28-36)46-34-47(54-52(53-46)38-17-5-2-6-18-38)39-31-40(55-48-23-11-7-19-42(48)43-20-8-12-24-49(43)55)33-41(32-39)56-50-25-13-9-21-44(50)45-22-10-14-26-51(45)56/h1-7,9,11-19,21,23-34,43,49H,8,10,20,22H2. The van der Waals surface area contributed by atoms with Crippen molar-refractivity contribution in [3.05, 3.63) is 193 Å². The molecule has 8 aromatic rings. The zero-order valence-corrected chi connectivity index (χ0v) is 31.1. The Kier molecular flexibility index (Phi) is 7.87. The molecule has 0 saturated carbocycles. The Labute approximate surface area is 327 Å². The minimum Gasteiger partial charge on any atom is -0.334 e. The van der Waals surface area contributed by atoms with Crippen LogP contribution in [0.1, 0.15) is 42.0 Å². The van der Waals surface area contributed by atoms with Gasteiger partial charge in [-0.2, -0.15) is 0 Å². The zero-order valence-electron chi connectivity index (χ0n) is 31.1. The Balaban J connectivity index is 1.14. The van der Waals surface area contributed by atoms with Gasteiger partial charge in [0.2, 0.25) is 0 Å². The van der Waals surface area contributed by atoms with Crippen LogP contribution in [0.5, 0.6) is 0 Å². The van der Waals surface area contributed by atoms with E-state index >= 15 is 0 Å². The van der Waals surface area contributed by atoms with Crippen LogP contribution < -0.4 is 4.90 Å². The highest BCUT2D eigenvalue weighted by molar-refractivity contribution is 5.92. The first-order valence-corrected chi connectivity index (χ1v) is 19.9. The van der Waals surface area contributed by atoms with E-state index in [0.717, 1.165) is 59.4 Å². The van der Waals surface area contributed by atoms with Gasteiger partial charge in [0.25, 0.3) is 0 Å². The number of anilines is 2. The van der Waals surface area contributed by atoms with Crippen molar-refractivity contribution in [1.82, 2.24) is 14.5 Å². The second-order valence-electron chi connectivity index (χ2n) is 15.2. The fourth-order valence-electron chi connectivity index (χ4n) is 9.31. The second kappa shape index (κ2) is 13.5. The summed E-state index contributed by atoms with van der Waals surface area (Å²) < 4.78 is 2.48. The predicted octanol–water partition coefficient (Wildman–Crippen LogP) is 13.0. The van der Waals surface area contributed by atoms with Crippen LogP contribution in [-0.2, 0) is 6.42 Å². The van der Waals surface area contributed by atoms with Crippen molar-refractivity contribution in [3.8, 4) is 50.7 Å². The molecule has 0 amide bonds. The first kappa shape index (κ1) is 32.6. The van der Waals surface area contributed by atoms with E-state index in [-0.39, 0.29) is 6.04 Å². The summed E-state index contributed by atoms with van der Waals surface area (Å²) in [5, 5.41) is 1.33. The molecule has 56 heavy (non-hydrogen) atoms. The van der Waals surface area contributed by atoms with Gasteiger partial charge in [0.15, 0.2) is 5.82 Å². The average Bonchev–Trinajstić information content (AvgIpc) is 3.80. The molecule has 268 valence electrons. The van der Waals surface area contributed by atoms with Crippen LogP contribution in [0.25, 0.3) is 67.7 Å².